The number of amides is 1. The van der Waals surface area contributed by atoms with E-state index in [-0.39, 0.29) is 17.5 Å². The van der Waals surface area contributed by atoms with E-state index < -0.39 is 26.9 Å². The molecular weight excluding hydrogens is 398 g/mol. The van der Waals surface area contributed by atoms with Gasteiger partial charge in [-0.2, -0.15) is 0 Å². The van der Waals surface area contributed by atoms with Crippen LogP contribution < -0.4 is 14.4 Å². The first-order chi connectivity index (χ1) is 13.5. The Morgan fingerprint density at radius 2 is 1.76 bits per heavy atom. The molecule has 0 unspecified atom stereocenters. The molecule has 0 aliphatic carbocycles. The number of non-ortho nitro benzene ring substituents is 1. The molecule has 1 N–H and O–H groups in total. The summed E-state index contributed by atoms with van der Waals surface area (Å²) in [5.41, 5.74) is 0.222. The highest BCUT2D eigenvalue weighted by atomic mass is 32.2. The molecule has 0 heterocycles. The molecule has 10 heteroatoms. The largest absolute Gasteiger partial charge is 0.491 e. The van der Waals surface area contributed by atoms with Crippen LogP contribution in [0.2, 0.25) is 0 Å². The standard InChI is InChI=1S/C19H23N3O6S/c1-13(2)28-18-10-8-15(9-11-18)20-19(23)14(3)21(29(4,26)27)16-6-5-7-17(12-16)22(24)25/h5-14H,1-4H3,(H,20,23)/t14-/m1/s1. The zero-order valence-corrected chi connectivity index (χ0v) is 17.3. The zero-order chi connectivity index (χ0) is 21.8. The van der Waals surface area contributed by atoms with Gasteiger partial charge in [-0.1, -0.05) is 6.07 Å². The number of nitro benzene ring substituents is 1. The summed E-state index contributed by atoms with van der Waals surface area (Å²) in [6, 6.07) is 10.6. The number of ether oxygens (including phenoxy) is 1. The Labute approximate surface area is 169 Å². The quantitative estimate of drug-likeness (QED) is 0.516. The molecule has 0 bridgehead atoms. The normalized spacial score (nSPS) is 12.3. The lowest BCUT2D eigenvalue weighted by atomic mass is 10.2. The van der Waals surface area contributed by atoms with Crippen molar-refractivity contribution in [3.05, 3.63) is 58.6 Å². The molecule has 2 aromatic rings. The minimum atomic E-state index is -3.89. The molecule has 156 valence electrons. The van der Waals surface area contributed by atoms with Crippen molar-refractivity contribution in [2.75, 3.05) is 15.9 Å². The van der Waals surface area contributed by atoms with Crippen molar-refractivity contribution in [3.8, 4) is 5.75 Å². The predicted octanol–water partition coefficient (Wildman–Crippen LogP) is 3.18. The maximum atomic E-state index is 12.7. The smallest absolute Gasteiger partial charge is 0.271 e. The molecular formula is C19H23N3O6S. The summed E-state index contributed by atoms with van der Waals surface area (Å²) in [6.07, 6.45) is 0.946. The van der Waals surface area contributed by atoms with Gasteiger partial charge in [-0.05, 0) is 51.1 Å². The van der Waals surface area contributed by atoms with E-state index >= 15 is 0 Å². The maximum Gasteiger partial charge on any atom is 0.271 e. The highest BCUT2D eigenvalue weighted by Gasteiger charge is 2.30. The Kier molecular flexibility index (Phi) is 6.80. The van der Waals surface area contributed by atoms with E-state index in [9.17, 15) is 23.3 Å². The number of nitro groups is 1. The van der Waals surface area contributed by atoms with Crippen LogP contribution in [0.5, 0.6) is 5.75 Å². The van der Waals surface area contributed by atoms with Crippen molar-refractivity contribution in [2.45, 2.75) is 32.9 Å². The Bertz CT molecular complexity index is 989. The Morgan fingerprint density at radius 1 is 1.14 bits per heavy atom. The third-order valence-corrected chi connectivity index (χ3v) is 5.12. The summed E-state index contributed by atoms with van der Waals surface area (Å²) >= 11 is 0. The van der Waals surface area contributed by atoms with Gasteiger partial charge in [-0.15, -0.1) is 0 Å². The lowest BCUT2D eigenvalue weighted by Crippen LogP contribution is -2.45. The number of hydrogen-bond acceptors (Lipinski definition) is 6. The van der Waals surface area contributed by atoms with Gasteiger partial charge in [0.25, 0.3) is 5.69 Å². The van der Waals surface area contributed by atoms with E-state index in [1.165, 1.54) is 25.1 Å². The Hall–Kier alpha value is -3.14. The molecule has 2 rings (SSSR count). The van der Waals surface area contributed by atoms with Crippen LogP contribution in [0.4, 0.5) is 17.1 Å². The summed E-state index contributed by atoms with van der Waals surface area (Å²) in [5, 5.41) is 13.7. The summed E-state index contributed by atoms with van der Waals surface area (Å²) in [7, 11) is -3.89. The molecule has 0 saturated carbocycles. The van der Waals surface area contributed by atoms with Crippen LogP contribution in [0, 0.1) is 10.1 Å². The van der Waals surface area contributed by atoms with Crippen LogP contribution in [0.1, 0.15) is 20.8 Å². The number of nitrogens with one attached hydrogen (secondary N) is 1. The van der Waals surface area contributed by atoms with Gasteiger partial charge in [0, 0.05) is 17.8 Å². The van der Waals surface area contributed by atoms with Crippen LogP contribution in [0.15, 0.2) is 48.5 Å². The van der Waals surface area contributed by atoms with Crippen molar-refractivity contribution in [3.63, 3.8) is 0 Å². The second-order valence-electron chi connectivity index (χ2n) is 6.69. The molecule has 0 aliphatic heterocycles. The first-order valence-electron chi connectivity index (χ1n) is 8.80. The minimum absolute atomic E-state index is 0.00807. The fourth-order valence-corrected chi connectivity index (χ4v) is 3.85. The first kappa shape index (κ1) is 22.2. The lowest BCUT2D eigenvalue weighted by Gasteiger charge is -2.28. The van der Waals surface area contributed by atoms with Gasteiger partial charge < -0.3 is 10.1 Å². The van der Waals surface area contributed by atoms with Gasteiger partial charge in [0.1, 0.15) is 11.8 Å². The molecule has 1 amide bonds. The number of carbonyl (C=O) groups excluding carboxylic acids is 1. The van der Waals surface area contributed by atoms with E-state index in [1.807, 2.05) is 13.8 Å². The first-order valence-corrected chi connectivity index (χ1v) is 10.7. The summed E-state index contributed by atoms with van der Waals surface area (Å²) < 4.78 is 31.0. The van der Waals surface area contributed by atoms with Gasteiger partial charge in [-0.3, -0.25) is 19.2 Å². The van der Waals surface area contributed by atoms with E-state index in [1.54, 1.807) is 24.3 Å². The lowest BCUT2D eigenvalue weighted by molar-refractivity contribution is -0.384. The number of hydrogen-bond donors (Lipinski definition) is 1. The average Bonchev–Trinajstić information content (AvgIpc) is 2.62. The molecule has 29 heavy (non-hydrogen) atoms. The molecule has 0 spiro atoms. The van der Waals surface area contributed by atoms with Gasteiger partial charge in [0.05, 0.1) is 23.0 Å². The molecule has 0 saturated heterocycles. The highest BCUT2D eigenvalue weighted by Crippen LogP contribution is 2.26. The van der Waals surface area contributed by atoms with E-state index in [4.69, 9.17) is 4.74 Å². The number of nitrogens with zero attached hydrogens (tertiary/aromatic N) is 2. The van der Waals surface area contributed by atoms with Crippen molar-refractivity contribution in [2.24, 2.45) is 0 Å². The number of rotatable bonds is 8. The number of anilines is 2. The van der Waals surface area contributed by atoms with Crippen LogP contribution in [0.25, 0.3) is 0 Å². The van der Waals surface area contributed by atoms with E-state index in [0.717, 1.165) is 16.6 Å². The predicted molar refractivity (Wildman–Crippen MR) is 111 cm³/mol. The number of sulfonamides is 1. The molecule has 1 atom stereocenters. The second kappa shape index (κ2) is 8.91. The monoisotopic (exact) mass is 421 g/mol. The molecule has 9 nitrogen and oxygen atoms in total. The molecule has 0 aromatic heterocycles. The van der Waals surface area contributed by atoms with Gasteiger partial charge >= 0.3 is 0 Å². The Morgan fingerprint density at radius 3 is 2.28 bits per heavy atom. The fourth-order valence-electron chi connectivity index (χ4n) is 2.69. The van der Waals surface area contributed by atoms with E-state index in [0.29, 0.717) is 11.4 Å². The molecule has 0 radical (unpaired) electrons. The van der Waals surface area contributed by atoms with Crippen LogP contribution in [-0.2, 0) is 14.8 Å². The van der Waals surface area contributed by atoms with Crippen molar-refractivity contribution in [1.29, 1.82) is 0 Å². The maximum absolute atomic E-state index is 12.7. The zero-order valence-electron chi connectivity index (χ0n) is 16.5. The molecule has 2 aromatic carbocycles. The van der Waals surface area contributed by atoms with E-state index in [2.05, 4.69) is 5.32 Å². The fraction of sp³-hybridized carbons (Fsp3) is 0.316. The molecule has 0 aliphatic rings. The Balaban J connectivity index is 2.25. The SMILES string of the molecule is CC(C)Oc1ccc(NC(=O)[C@@H](C)N(c2cccc([N+](=O)[O-])c2)S(C)(=O)=O)cc1. The summed E-state index contributed by atoms with van der Waals surface area (Å²) in [4.78, 5) is 23.1. The van der Waals surface area contributed by atoms with Crippen LogP contribution >= 0.6 is 0 Å². The number of benzene rings is 2. The van der Waals surface area contributed by atoms with Gasteiger partial charge in [0.15, 0.2) is 0 Å². The average molecular weight is 421 g/mol. The third-order valence-electron chi connectivity index (χ3n) is 3.88. The topological polar surface area (TPSA) is 119 Å². The van der Waals surface area contributed by atoms with Crippen LogP contribution in [0.3, 0.4) is 0 Å². The third kappa shape index (κ3) is 5.92. The summed E-state index contributed by atoms with van der Waals surface area (Å²) in [5.74, 6) is 0.0554. The van der Waals surface area contributed by atoms with Crippen molar-refractivity contribution in [1.82, 2.24) is 0 Å². The van der Waals surface area contributed by atoms with Crippen molar-refractivity contribution < 1.29 is 22.9 Å². The molecule has 0 fully saturated rings. The summed E-state index contributed by atoms with van der Waals surface area (Å²) in [6.45, 7) is 5.20. The van der Waals surface area contributed by atoms with Gasteiger partial charge in [-0.25, -0.2) is 8.42 Å². The van der Waals surface area contributed by atoms with Crippen LogP contribution in [-0.4, -0.2) is 37.6 Å². The second-order valence-corrected chi connectivity index (χ2v) is 8.55. The van der Waals surface area contributed by atoms with Crippen molar-refractivity contribution >= 4 is 33.0 Å². The number of carbonyl (C=O) groups is 1. The van der Waals surface area contributed by atoms with Gasteiger partial charge in [0.2, 0.25) is 15.9 Å². The highest BCUT2D eigenvalue weighted by molar-refractivity contribution is 7.92. The minimum Gasteiger partial charge on any atom is -0.491 e.